The number of likely N-dealkylation sites (tertiary alicyclic amines) is 1. The quantitative estimate of drug-likeness (QED) is 0.159. The number of rotatable bonds is 21. The number of amides is 3. The Balaban J connectivity index is 2.21. The molecule has 1 fully saturated rings. The highest BCUT2D eigenvalue weighted by molar-refractivity contribution is 7.89. The third-order valence-electron chi connectivity index (χ3n) is 10.6. The van der Waals surface area contributed by atoms with Crippen LogP contribution in [0.4, 0.5) is 5.69 Å². The highest BCUT2D eigenvalue weighted by atomic mass is 32.2. The second-order valence-electron chi connectivity index (χ2n) is 15.6. The Morgan fingerprint density at radius 2 is 1.58 bits per heavy atom. The van der Waals surface area contributed by atoms with Gasteiger partial charge in [0.05, 0.1) is 42.4 Å². The number of carbonyl (C=O) groups excluding carboxylic acids is 3. The maximum absolute atomic E-state index is 14.1. The van der Waals surface area contributed by atoms with Gasteiger partial charge in [-0.1, -0.05) is 67.0 Å². The number of hydrogen-bond donors (Lipinski definition) is 3. The molecule has 0 bridgehead atoms. The average molecular weight is 753 g/mol. The Hall–Kier alpha value is -2.78. The normalized spacial score (nSPS) is 19.4. The molecule has 8 atom stereocenters. The molecular weight excluding hydrogens is 685 g/mol. The molecule has 0 aromatic heterocycles. The van der Waals surface area contributed by atoms with Crippen molar-refractivity contribution in [3.63, 3.8) is 0 Å². The van der Waals surface area contributed by atoms with Crippen molar-refractivity contribution in [2.45, 2.75) is 116 Å². The van der Waals surface area contributed by atoms with Crippen molar-refractivity contribution in [1.29, 1.82) is 0 Å². The monoisotopic (exact) mass is 752 g/mol. The second kappa shape index (κ2) is 20.6. The van der Waals surface area contributed by atoms with Gasteiger partial charge in [0.2, 0.25) is 27.7 Å². The van der Waals surface area contributed by atoms with E-state index in [-0.39, 0.29) is 59.9 Å². The fourth-order valence-electron chi connectivity index (χ4n) is 7.62. The molecule has 2 unspecified atom stereocenters. The van der Waals surface area contributed by atoms with E-state index in [4.69, 9.17) is 15.2 Å². The summed E-state index contributed by atoms with van der Waals surface area (Å²) in [6.45, 7) is 15.3. The second-order valence-corrected chi connectivity index (χ2v) is 17.3. The number of anilines is 1. The molecule has 1 heterocycles. The number of ether oxygens (including phenoxy) is 2. The van der Waals surface area contributed by atoms with Crippen molar-refractivity contribution in [3.05, 3.63) is 29.8 Å². The molecule has 52 heavy (non-hydrogen) atoms. The number of nitrogen functional groups attached to an aromatic ring is 1. The lowest BCUT2D eigenvalue weighted by atomic mass is 9.89. The number of nitrogens with one attached hydrogen (secondary N) is 2. The zero-order valence-electron chi connectivity index (χ0n) is 33.7. The van der Waals surface area contributed by atoms with Gasteiger partial charge in [-0.25, -0.2) is 8.42 Å². The molecule has 4 N–H and O–H groups in total. The Kier molecular flexibility index (Phi) is 18.0. The van der Waals surface area contributed by atoms with Gasteiger partial charge in [0.1, 0.15) is 0 Å². The number of sulfonamides is 1. The number of hydrogen-bond acceptors (Lipinski definition) is 10. The molecule has 14 heteroatoms. The summed E-state index contributed by atoms with van der Waals surface area (Å²) in [5, 5.41) is 3.31. The number of nitrogens with two attached hydrogens (primary N) is 1. The lowest BCUT2D eigenvalue weighted by Gasteiger charge is -2.41. The summed E-state index contributed by atoms with van der Waals surface area (Å²) in [6.07, 6.45) is 1.17. The van der Waals surface area contributed by atoms with Gasteiger partial charge in [-0.3, -0.25) is 28.9 Å². The van der Waals surface area contributed by atoms with E-state index in [0.717, 1.165) is 12.8 Å². The first kappa shape index (κ1) is 45.4. The largest absolute Gasteiger partial charge is 0.399 e. The summed E-state index contributed by atoms with van der Waals surface area (Å²) in [6, 6.07) is 5.52. The van der Waals surface area contributed by atoms with Crippen molar-refractivity contribution < 1.29 is 32.3 Å². The Morgan fingerprint density at radius 1 is 0.962 bits per heavy atom. The fourth-order valence-corrected chi connectivity index (χ4v) is 8.81. The van der Waals surface area contributed by atoms with Crippen LogP contribution in [0.25, 0.3) is 0 Å². The molecule has 1 aromatic carbocycles. The van der Waals surface area contributed by atoms with Crippen LogP contribution < -0.4 is 15.8 Å². The van der Waals surface area contributed by atoms with Gasteiger partial charge in [-0.15, -0.1) is 0 Å². The fraction of sp³-hybridized carbons (Fsp3) is 0.763. The van der Waals surface area contributed by atoms with E-state index in [9.17, 15) is 22.8 Å². The van der Waals surface area contributed by atoms with Crippen LogP contribution in [-0.2, 0) is 39.6 Å². The summed E-state index contributed by atoms with van der Waals surface area (Å²) in [7, 11) is 4.99. The minimum absolute atomic E-state index is 0.000690. The minimum Gasteiger partial charge on any atom is -0.399 e. The molecule has 0 aliphatic carbocycles. The van der Waals surface area contributed by atoms with Gasteiger partial charge in [0, 0.05) is 45.1 Å². The number of benzene rings is 1. The highest BCUT2D eigenvalue weighted by Gasteiger charge is 2.42. The van der Waals surface area contributed by atoms with Crippen molar-refractivity contribution in [2.24, 2.45) is 23.7 Å². The van der Waals surface area contributed by atoms with E-state index in [1.54, 1.807) is 43.2 Å². The zero-order valence-corrected chi connectivity index (χ0v) is 34.5. The third-order valence-corrected chi connectivity index (χ3v) is 11.9. The summed E-state index contributed by atoms with van der Waals surface area (Å²) >= 11 is 0. The van der Waals surface area contributed by atoms with Crippen LogP contribution in [-0.4, -0.2) is 126 Å². The van der Waals surface area contributed by atoms with Gasteiger partial charge in [-0.2, -0.15) is 0 Å². The van der Waals surface area contributed by atoms with Crippen LogP contribution in [0.3, 0.4) is 0 Å². The summed E-state index contributed by atoms with van der Waals surface area (Å²) in [4.78, 5) is 46.8. The Morgan fingerprint density at radius 3 is 2.08 bits per heavy atom. The number of carbonyl (C=O) groups is 3. The molecule has 0 spiro atoms. The third kappa shape index (κ3) is 12.7. The molecular formula is C38H68N6O7S. The molecule has 1 saturated heterocycles. The maximum Gasteiger partial charge on any atom is 0.239 e. The number of nitrogens with zero attached hydrogens (tertiary/aromatic N) is 3. The van der Waals surface area contributed by atoms with Crippen LogP contribution in [0, 0.1) is 23.7 Å². The van der Waals surface area contributed by atoms with Crippen LogP contribution in [0.15, 0.2) is 24.3 Å². The van der Waals surface area contributed by atoms with Crippen LogP contribution >= 0.6 is 0 Å². The van der Waals surface area contributed by atoms with E-state index in [2.05, 4.69) is 42.6 Å². The first-order valence-electron chi connectivity index (χ1n) is 18.7. The van der Waals surface area contributed by atoms with Gasteiger partial charge in [0.25, 0.3) is 0 Å². The minimum atomic E-state index is -3.99. The van der Waals surface area contributed by atoms with E-state index >= 15 is 0 Å². The Labute approximate surface area is 313 Å². The lowest BCUT2D eigenvalue weighted by Crippen LogP contribution is -2.57. The summed E-state index contributed by atoms with van der Waals surface area (Å²) in [5.41, 5.74) is 6.73. The van der Waals surface area contributed by atoms with Crippen LogP contribution in [0.2, 0.25) is 0 Å². The first-order chi connectivity index (χ1) is 24.3. The molecule has 0 radical (unpaired) electrons. The SMILES string of the molecule is CCC(C)[C@@H]([C@@H](CC(=O)N1CCC[C@H]1[C@H](OC)[C@@H](C)C(=O)NS(=O)(=O)Cc1ccc(N)cc1)OC)N(C)C[C@@H](NC(=O)C(C(C)C)N(C)C)C(C)C. The molecule has 3 amide bonds. The van der Waals surface area contributed by atoms with Gasteiger partial charge in [0.15, 0.2) is 0 Å². The Bertz CT molecular complexity index is 1380. The predicted molar refractivity (Wildman–Crippen MR) is 207 cm³/mol. The topological polar surface area (TPSA) is 164 Å². The smallest absolute Gasteiger partial charge is 0.239 e. The number of likely N-dealkylation sites (N-methyl/N-ethyl adjacent to an activating group) is 2. The van der Waals surface area contributed by atoms with E-state index in [0.29, 0.717) is 30.8 Å². The molecule has 298 valence electrons. The standard InChI is InChI=1S/C38H68N6O7S/c1-13-26(6)35(43(10)22-30(24(2)3)40-38(47)34(25(4)5)42(8)9)32(50-11)21-33(45)44-20-14-15-31(44)36(51-12)27(7)37(46)41-52(48,49)23-28-16-18-29(39)19-17-28/h16-19,24-27,30-32,34-36H,13-15,20-23,39H2,1-12H3,(H,40,47)(H,41,46)/t26?,27-,30-,31+,32-,34?,35+,36-/m1/s1. The lowest BCUT2D eigenvalue weighted by molar-refractivity contribution is -0.142. The van der Waals surface area contributed by atoms with Crippen molar-refractivity contribution in [2.75, 3.05) is 54.2 Å². The molecule has 1 aliphatic rings. The molecule has 1 aliphatic heterocycles. The highest BCUT2D eigenvalue weighted by Crippen LogP contribution is 2.29. The van der Waals surface area contributed by atoms with E-state index < -0.39 is 40.1 Å². The molecule has 0 saturated carbocycles. The van der Waals surface area contributed by atoms with Gasteiger partial charge >= 0.3 is 0 Å². The first-order valence-corrected chi connectivity index (χ1v) is 20.3. The van der Waals surface area contributed by atoms with Crippen molar-refractivity contribution in [1.82, 2.24) is 24.7 Å². The molecule has 13 nitrogen and oxygen atoms in total. The molecule has 2 rings (SSSR count). The predicted octanol–water partition coefficient (Wildman–Crippen LogP) is 3.34. The summed E-state index contributed by atoms with van der Waals surface area (Å²) < 4.78 is 39.9. The average Bonchev–Trinajstić information content (AvgIpc) is 3.54. The van der Waals surface area contributed by atoms with Crippen LogP contribution in [0.5, 0.6) is 0 Å². The maximum atomic E-state index is 14.1. The van der Waals surface area contributed by atoms with Gasteiger partial charge < -0.3 is 25.4 Å². The van der Waals surface area contributed by atoms with Crippen molar-refractivity contribution >= 4 is 33.4 Å². The van der Waals surface area contributed by atoms with Crippen molar-refractivity contribution in [3.8, 4) is 0 Å². The number of methoxy groups -OCH3 is 2. The zero-order chi connectivity index (χ0) is 39.5. The summed E-state index contributed by atoms with van der Waals surface area (Å²) in [5.74, 6) is -1.53. The van der Waals surface area contributed by atoms with Crippen LogP contribution in [0.1, 0.15) is 79.7 Å². The van der Waals surface area contributed by atoms with Gasteiger partial charge in [-0.05, 0) is 69.4 Å². The molecule has 1 aromatic rings. The van der Waals surface area contributed by atoms with E-state index in [1.807, 2.05) is 39.9 Å². The van der Waals surface area contributed by atoms with E-state index in [1.165, 1.54) is 7.11 Å².